The first kappa shape index (κ1) is 13.3. The molecule has 0 saturated carbocycles. The number of nitrogens with two attached hydrogens (primary N) is 1. The average molecular weight is 275 g/mol. The molecule has 0 aromatic carbocycles. The van der Waals surface area contributed by atoms with Crippen LogP contribution in [-0.4, -0.2) is 41.0 Å². The lowest BCUT2D eigenvalue weighted by molar-refractivity contribution is 0.0896. The van der Waals surface area contributed by atoms with Crippen molar-refractivity contribution in [1.82, 2.24) is 15.2 Å². The Bertz CT molecular complexity index is 475. The summed E-state index contributed by atoms with van der Waals surface area (Å²) in [7, 11) is 0. The number of rotatable bonds is 3. The Morgan fingerprint density at radius 3 is 3.00 bits per heavy atom. The summed E-state index contributed by atoms with van der Waals surface area (Å²) in [6.45, 7) is 2.33. The molecule has 2 fully saturated rings. The van der Waals surface area contributed by atoms with Crippen molar-refractivity contribution < 1.29 is 4.79 Å². The van der Waals surface area contributed by atoms with Crippen LogP contribution in [0.25, 0.3) is 0 Å². The molecule has 0 spiro atoms. The summed E-state index contributed by atoms with van der Waals surface area (Å²) >= 11 is 0. The molecular weight excluding hydrogens is 254 g/mol. The minimum Gasteiger partial charge on any atom is -0.349 e. The van der Waals surface area contributed by atoms with Crippen molar-refractivity contribution in [3.8, 4) is 0 Å². The molecule has 1 aromatic heterocycles. The predicted molar refractivity (Wildman–Crippen MR) is 77.1 cm³/mol. The smallest absolute Gasteiger partial charge is 0.253 e. The van der Waals surface area contributed by atoms with E-state index >= 15 is 0 Å². The Labute approximate surface area is 118 Å². The van der Waals surface area contributed by atoms with Crippen molar-refractivity contribution in [2.45, 2.75) is 37.8 Å². The zero-order valence-electron chi connectivity index (χ0n) is 11.5. The molecular formula is C14H21N5O. The highest BCUT2D eigenvalue weighted by atomic mass is 16.1. The third kappa shape index (κ3) is 2.76. The predicted octanol–water partition coefficient (Wildman–Crippen LogP) is 0.724. The van der Waals surface area contributed by atoms with Gasteiger partial charge in [-0.2, -0.15) is 0 Å². The zero-order chi connectivity index (χ0) is 13.9. The van der Waals surface area contributed by atoms with E-state index in [0.29, 0.717) is 17.4 Å². The lowest BCUT2D eigenvalue weighted by atomic mass is 9.97. The molecule has 6 nitrogen and oxygen atoms in total. The van der Waals surface area contributed by atoms with Crippen molar-refractivity contribution in [1.29, 1.82) is 0 Å². The van der Waals surface area contributed by atoms with Gasteiger partial charge in [-0.25, -0.2) is 10.8 Å². The maximum atomic E-state index is 12.2. The Morgan fingerprint density at radius 1 is 1.35 bits per heavy atom. The summed E-state index contributed by atoms with van der Waals surface area (Å²) in [4.78, 5) is 18.8. The second-order valence-electron chi connectivity index (χ2n) is 5.60. The fourth-order valence-electron chi connectivity index (χ4n) is 3.24. The Hall–Kier alpha value is -1.66. The molecule has 0 aliphatic carbocycles. The van der Waals surface area contributed by atoms with Gasteiger partial charge >= 0.3 is 0 Å². The summed E-state index contributed by atoms with van der Waals surface area (Å²) in [6, 6.07) is 4.39. The van der Waals surface area contributed by atoms with Gasteiger partial charge in [0.1, 0.15) is 5.82 Å². The maximum Gasteiger partial charge on any atom is 0.253 e. The van der Waals surface area contributed by atoms with Crippen LogP contribution in [0.5, 0.6) is 0 Å². The van der Waals surface area contributed by atoms with Gasteiger partial charge in [0, 0.05) is 24.8 Å². The number of aromatic nitrogens is 1. The lowest BCUT2D eigenvalue weighted by Gasteiger charge is -2.35. The van der Waals surface area contributed by atoms with E-state index < -0.39 is 0 Å². The minimum atomic E-state index is -0.0440. The van der Waals surface area contributed by atoms with Crippen molar-refractivity contribution in [2.24, 2.45) is 5.84 Å². The molecule has 20 heavy (non-hydrogen) atoms. The average Bonchev–Trinajstić information content (AvgIpc) is 2.95. The van der Waals surface area contributed by atoms with Gasteiger partial charge in [-0.1, -0.05) is 0 Å². The van der Waals surface area contributed by atoms with Crippen LogP contribution < -0.4 is 16.6 Å². The zero-order valence-corrected chi connectivity index (χ0v) is 11.5. The van der Waals surface area contributed by atoms with Gasteiger partial charge < -0.3 is 15.6 Å². The quantitative estimate of drug-likeness (QED) is 0.559. The minimum absolute atomic E-state index is 0.0440. The van der Waals surface area contributed by atoms with Gasteiger partial charge in [-0.15, -0.1) is 0 Å². The highest BCUT2D eigenvalue weighted by molar-refractivity contribution is 5.94. The fraction of sp³-hybridized carbons (Fsp3) is 0.571. The second-order valence-corrected chi connectivity index (χ2v) is 5.60. The molecule has 3 heterocycles. The van der Waals surface area contributed by atoms with Crippen LogP contribution >= 0.6 is 0 Å². The van der Waals surface area contributed by atoms with Crippen LogP contribution in [0.1, 0.15) is 36.0 Å². The number of nitrogen functional groups attached to an aromatic ring is 1. The molecule has 1 aromatic rings. The van der Waals surface area contributed by atoms with E-state index in [1.807, 2.05) is 0 Å². The van der Waals surface area contributed by atoms with Gasteiger partial charge in [0.15, 0.2) is 0 Å². The number of nitrogens with one attached hydrogen (secondary N) is 2. The third-order valence-electron chi connectivity index (χ3n) is 4.33. The molecule has 108 valence electrons. The second kappa shape index (κ2) is 5.76. The number of pyridine rings is 1. The number of anilines is 1. The number of amides is 1. The van der Waals surface area contributed by atoms with E-state index in [1.54, 1.807) is 18.3 Å². The first-order valence-electron chi connectivity index (χ1n) is 7.24. The van der Waals surface area contributed by atoms with E-state index in [-0.39, 0.29) is 11.9 Å². The molecule has 3 rings (SSSR count). The van der Waals surface area contributed by atoms with Crippen LogP contribution in [0, 0.1) is 0 Å². The largest absolute Gasteiger partial charge is 0.349 e. The van der Waals surface area contributed by atoms with Crippen LogP contribution in [-0.2, 0) is 0 Å². The van der Waals surface area contributed by atoms with Gasteiger partial charge in [0.25, 0.3) is 5.91 Å². The molecule has 2 unspecified atom stereocenters. The Balaban J connectivity index is 1.58. The van der Waals surface area contributed by atoms with Gasteiger partial charge in [0.05, 0.1) is 5.56 Å². The standard InChI is InChI=1S/C14H21N5O/c15-18-13-4-3-10(9-16-13)14(20)17-11-5-7-19-6-1-2-12(19)8-11/h3-4,9,11-12H,1-2,5-8,15H2,(H,16,18)(H,17,20). The number of carbonyl (C=O) groups is 1. The van der Waals surface area contributed by atoms with E-state index in [0.717, 1.165) is 19.4 Å². The highest BCUT2D eigenvalue weighted by Crippen LogP contribution is 2.26. The first-order valence-corrected chi connectivity index (χ1v) is 7.24. The van der Waals surface area contributed by atoms with E-state index in [1.165, 1.54) is 19.4 Å². The summed E-state index contributed by atoms with van der Waals surface area (Å²) < 4.78 is 0. The van der Waals surface area contributed by atoms with Crippen LogP contribution in [0.15, 0.2) is 18.3 Å². The number of fused-ring (bicyclic) bond motifs is 1. The normalized spacial score (nSPS) is 26.1. The van der Waals surface area contributed by atoms with Gasteiger partial charge in [0.2, 0.25) is 0 Å². The van der Waals surface area contributed by atoms with Crippen LogP contribution in [0.2, 0.25) is 0 Å². The molecule has 0 bridgehead atoms. The summed E-state index contributed by atoms with van der Waals surface area (Å²) in [5, 5.41) is 3.13. The van der Waals surface area contributed by atoms with Crippen LogP contribution in [0.3, 0.4) is 0 Å². The highest BCUT2D eigenvalue weighted by Gasteiger charge is 2.32. The van der Waals surface area contributed by atoms with Gasteiger partial charge in [-0.05, 0) is 44.4 Å². The topological polar surface area (TPSA) is 83.3 Å². The maximum absolute atomic E-state index is 12.2. The molecule has 2 aliphatic heterocycles. The number of hydrogen-bond acceptors (Lipinski definition) is 5. The number of hydrogen-bond donors (Lipinski definition) is 3. The van der Waals surface area contributed by atoms with E-state index in [4.69, 9.17) is 5.84 Å². The fourth-order valence-corrected chi connectivity index (χ4v) is 3.24. The SMILES string of the molecule is NNc1ccc(C(=O)NC2CCN3CCCC3C2)cn1. The Kier molecular flexibility index (Phi) is 3.84. The molecule has 4 N–H and O–H groups in total. The number of hydrazine groups is 1. The lowest BCUT2D eigenvalue weighted by Crippen LogP contribution is -2.47. The van der Waals surface area contributed by atoms with Crippen molar-refractivity contribution in [3.63, 3.8) is 0 Å². The number of piperidine rings is 1. The molecule has 6 heteroatoms. The summed E-state index contributed by atoms with van der Waals surface area (Å²) in [6.07, 6.45) is 6.22. The summed E-state index contributed by atoms with van der Waals surface area (Å²) in [5.41, 5.74) is 3.03. The third-order valence-corrected chi connectivity index (χ3v) is 4.33. The van der Waals surface area contributed by atoms with Crippen molar-refractivity contribution in [3.05, 3.63) is 23.9 Å². The molecule has 1 amide bonds. The Morgan fingerprint density at radius 2 is 2.25 bits per heavy atom. The monoisotopic (exact) mass is 275 g/mol. The molecule has 2 saturated heterocycles. The summed E-state index contributed by atoms with van der Waals surface area (Å²) in [5.74, 6) is 5.77. The van der Waals surface area contributed by atoms with Crippen molar-refractivity contribution in [2.75, 3.05) is 18.5 Å². The van der Waals surface area contributed by atoms with Crippen molar-refractivity contribution >= 4 is 11.7 Å². The van der Waals surface area contributed by atoms with Crippen LogP contribution in [0.4, 0.5) is 5.82 Å². The first-order chi connectivity index (χ1) is 9.76. The number of carbonyl (C=O) groups excluding carboxylic acids is 1. The van der Waals surface area contributed by atoms with E-state index in [2.05, 4.69) is 20.6 Å². The number of nitrogens with zero attached hydrogens (tertiary/aromatic N) is 2. The molecule has 2 atom stereocenters. The van der Waals surface area contributed by atoms with E-state index in [9.17, 15) is 4.79 Å². The molecule has 0 radical (unpaired) electrons. The molecule has 2 aliphatic rings. The van der Waals surface area contributed by atoms with Gasteiger partial charge in [-0.3, -0.25) is 4.79 Å².